The smallest absolute Gasteiger partial charge is 0.123 e. The number of nitrogen functional groups attached to an aromatic ring is 1. The lowest BCUT2D eigenvalue weighted by Gasteiger charge is -2.26. The molecule has 19 heavy (non-hydrogen) atoms. The summed E-state index contributed by atoms with van der Waals surface area (Å²) >= 11 is 5.23. The standard InChI is InChI=1S/C14H16BrN3S/c1-9(13-4-3-7-19-13)18(2)10-5-6-11(14(16)17)12(15)8-10/h3-9H,1-2H3,(H3,16,17). The van der Waals surface area contributed by atoms with E-state index in [4.69, 9.17) is 11.1 Å². The Morgan fingerprint density at radius 1 is 1.42 bits per heavy atom. The van der Waals surface area contributed by atoms with E-state index in [1.807, 2.05) is 18.2 Å². The van der Waals surface area contributed by atoms with E-state index >= 15 is 0 Å². The molecule has 1 unspecified atom stereocenters. The number of rotatable bonds is 4. The molecule has 0 saturated carbocycles. The van der Waals surface area contributed by atoms with Crippen molar-refractivity contribution in [1.82, 2.24) is 0 Å². The van der Waals surface area contributed by atoms with Crippen molar-refractivity contribution in [3.05, 3.63) is 50.6 Å². The first-order chi connectivity index (χ1) is 9.00. The summed E-state index contributed by atoms with van der Waals surface area (Å²) in [5.74, 6) is 0.0763. The highest BCUT2D eigenvalue weighted by Crippen LogP contribution is 2.30. The largest absolute Gasteiger partial charge is 0.384 e. The van der Waals surface area contributed by atoms with E-state index in [0.717, 1.165) is 15.7 Å². The number of benzene rings is 1. The second-order valence-electron chi connectivity index (χ2n) is 4.38. The Morgan fingerprint density at radius 2 is 2.16 bits per heavy atom. The molecule has 3 N–H and O–H groups in total. The number of nitrogens with two attached hydrogens (primary N) is 1. The van der Waals surface area contributed by atoms with Gasteiger partial charge in [0.1, 0.15) is 5.84 Å². The van der Waals surface area contributed by atoms with Gasteiger partial charge in [0.05, 0.1) is 6.04 Å². The van der Waals surface area contributed by atoms with E-state index in [9.17, 15) is 0 Å². The van der Waals surface area contributed by atoms with Gasteiger partial charge in [0, 0.05) is 27.6 Å². The maximum absolute atomic E-state index is 7.49. The van der Waals surface area contributed by atoms with Gasteiger partial charge in [-0.3, -0.25) is 5.41 Å². The van der Waals surface area contributed by atoms with E-state index in [0.29, 0.717) is 6.04 Å². The number of amidine groups is 1. The Kier molecular flexibility index (Phi) is 4.27. The molecule has 1 atom stereocenters. The molecule has 100 valence electrons. The van der Waals surface area contributed by atoms with Crippen LogP contribution in [-0.4, -0.2) is 12.9 Å². The van der Waals surface area contributed by atoms with Gasteiger partial charge in [-0.25, -0.2) is 0 Å². The highest BCUT2D eigenvalue weighted by Gasteiger charge is 2.14. The van der Waals surface area contributed by atoms with Gasteiger partial charge in [0.15, 0.2) is 0 Å². The first-order valence-electron chi connectivity index (χ1n) is 5.91. The third-order valence-corrected chi connectivity index (χ3v) is 4.88. The van der Waals surface area contributed by atoms with Gasteiger partial charge in [-0.2, -0.15) is 0 Å². The lowest BCUT2D eigenvalue weighted by atomic mass is 10.1. The van der Waals surface area contributed by atoms with Crippen molar-refractivity contribution >= 4 is 38.8 Å². The fourth-order valence-electron chi connectivity index (χ4n) is 1.89. The number of thiophene rings is 1. The van der Waals surface area contributed by atoms with E-state index in [1.54, 1.807) is 11.3 Å². The van der Waals surface area contributed by atoms with Gasteiger partial charge in [0.25, 0.3) is 0 Å². The molecule has 2 aromatic rings. The van der Waals surface area contributed by atoms with Gasteiger partial charge in [-0.1, -0.05) is 6.07 Å². The third kappa shape index (κ3) is 2.98. The molecule has 2 rings (SSSR count). The quantitative estimate of drug-likeness (QED) is 0.654. The molecule has 1 aromatic carbocycles. The van der Waals surface area contributed by atoms with Crippen LogP contribution in [0.25, 0.3) is 0 Å². The molecular weight excluding hydrogens is 322 g/mol. The van der Waals surface area contributed by atoms with Crippen molar-refractivity contribution in [3.63, 3.8) is 0 Å². The molecule has 0 amide bonds. The predicted molar refractivity (Wildman–Crippen MR) is 86.3 cm³/mol. The summed E-state index contributed by atoms with van der Waals surface area (Å²) in [5.41, 5.74) is 7.34. The van der Waals surface area contributed by atoms with Crippen molar-refractivity contribution in [2.45, 2.75) is 13.0 Å². The van der Waals surface area contributed by atoms with Gasteiger partial charge in [-0.05, 0) is 52.5 Å². The molecule has 1 aromatic heterocycles. The first kappa shape index (κ1) is 14.1. The minimum atomic E-state index is 0.0763. The van der Waals surface area contributed by atoms with Crippen LogP contribution in [0.3, 0.4) is 0 Å². The number of hydrogen-bond acceptors (Lipinski definition) is 3. The second-order valence-corrected chi connectivity index (χ2v) is 6.21. The van der Waals surface area contributed by atoms with Crippen molar-refractivity contribution in [2.75, 3.05) is 11.9 Å². The van der Waals surface area contributed by atoms with Gasteiger partial charge < -0.3 is 10.6 Å². The first-order valence-corrected chi connectivity index (χ1v) is 7.58. The predicted octanol–water partition coefficient (Wildman–Crippen LogP) is 3.99. The monoisotopic (exact) mass is 337 g/mol. The Hall–Kier alpha value is -1.33. The molecule has 3 nitrogen and oxygen atoms in total. The van der Waals surface area contributed by atoms with Gasteiger partial charge in [0.2, 0.25) is 0 Å². The number of halogens is 1. The molecule has 0 aliphatic carbocycles. The SMILES string of the molecule is CC(c1cccs1)N(C)c1ccc(C(=N)N)c(Br)c1. The molecule has 0 bridgehead atoms. The zero-order valence-electron chi connectivity index (χ0n) is 10.9. The Bertz CT molecular complexity index is 580. The van der Waals surface area contributed by atoms with E-state index < -0.39 is 0 Å². The van der Waals surface area contributed by atoms with Crippen LogP contribution in [0.2, 0.25) is 0 Å². The summed E-state index contributed by atoms with van der Waals surface area (Å²) in [7, 11) is 2.07. The summed E-state index contributed by atoms with van der Waals surface area (Å²) in [6, 6.07) is 10.4. The molecule has 5 heteroatoms. The lowest BCUT2D eigenvalue weighted by molar-refractivity contribution is 0.754. The molecular formula is C14H16BrN3S. The average molecular weight is 338 g/mol. The third-order valence-electron chi connectivity index (χ3n) is 3.19. The van der Waals surface area contributed by atoms with Crippen LogP contribution >= 0.6 is 27.3 Å². The van der Waals surface area contributed by atoms with Gasteiger partial charge in [-0.15, -0.1) is 11.3 Å². The minimum absolute atomic E-state index is 0.0763. The van der Waals surface area contributed by atoms with Crippen LogP contribution in [0.15, 0.2) is 40.2 Å². The van der Waals surface area contributed by atoms with Crippen LogP contribution in [0, 0.1) is 5.41 Å². The zero-order valence-corrected chi connectivity index (χ0v) is 13.3. The molecule has 0 spiro atoms. The van der Waals surface area contributed by atoms with Crippen LogP contribution in [0.5, 0.6) is 0 Å². The number of anilines is 1. The topological polar surface area (TPSA) is 53.1 Å². The fourth-order valence-corrected chi connectivity index (χ4v) is 3.29. The Morgan fingerprint density at radius 3 is 2.68 bits per heavy atom. The summed E-state index contributed by atoms with van der Waals surface area (Å²) < 4.78 is 0.850. The van der Waals surface area contributed by atoms with E-state index in [2.05, 4.69) is 52.3 Å². The van der Waals surface area contributed by atoms with Crippen molar-refractivity contribution < 1.29 is 0 Å². The molecule has 0 aliphatic heterocycles. The van der Waals surface area contributed by atoms with Gasteiger partial charge >= 0.3 is 0 Å². The van der Waals surface area contributed by atoms with Crippen LogP contribution in [-0.2, 0) is 0 Å². The summed E-state index contributed by atoms with van der Waals surface area (Å²) in [5, 5.41) is 9.58. The summed E-state index contributed by atoms with van der Waals surface area (Å²) in [6.45, 7) is 2.18. The maximum atomic E-state index is 7.49. The van der Waals surface area contributed by atoms with E-state index in [1.165, 1.54) is 4.88 Å². The Labute approximate surface area is 125 Å². The van der Waals surface area contributed by atoms with Crippen LogP contribution in [0.4, 0.5) is 5.69 Å². The van der Waals surface area contributed by atoms with Crippen molar-refractivity contribution in [2.24, 2.45) is 5.73 Å². The Balaban J connectivity index is 2.27. The summed E-state index contributed by atoms with van der Waals surface area (Å²) in [4.78, 5) is 3.54. The number of hydrogen-bond donors (Lipinski definition) is 2. The zero-order chi connectivity index (χ0) is 14.0. The molecule has 0 saturated heterocycles. The molecule has 0 fully saturated rings. The normalized spacial score (nSPS) is 12.2. The molecule has 0 radical (unpaired) electrons. The number of nitrogens with one attached hydrogen (secondary N) is 1. The fraction of sp³-hybridized carbons (Fsp3) is 0.214. The van der Waals surface area contributed by atoms with Crippen molar-refractivity contribution in [1.29, 1.82) is 5.41 Å². The molecule has 0 aliphatic rings. The van der Waals surface area contributed by atoms with Crippen LogP contribution < -0.4 is 10.6 Å². The highest BCUT2D eigenvalue weighted by molar-refractivity contribution is 9.10. The molecule has 1 heterocycles. The minimum Gasteiger partial charge on any atom is -0.384 e. The summed E-state index contributed by atoms with van der Waals surface area (Å²) in [6.07, 6.45) is 0. The maximum Gasteiger partial charge on any atom is 0.123 e. The lowest BCUT2D eigenvalue weighted by Crippen LogP contribution is -2.21. The van der Waals surface area contributed by atoms with Crippen molar-refractivity contribution in [3.8, 4) is 0 Å². The van der Waals surface area contributed by atoms with E-state index in [-0.39, 0.29) is 5.84 Å². The highest BCUT2D eigenvalue weighted by atomic mass is 79.9. The second kappa shape index (κ2) is 5.75. The van der Waals surface area contributed by atoms with Crippen LogP contribution in [0.1, 0.15) is 23.4 Å². The number of nitrogens with zero attached hydrogens (tertiary/aromatic N) is 1. The average Bonchev–Trinajstić information content (AvgIpc) is 2.90.